The number of carbonyl (C=O) groups is 1. The van der Waals surface area contributed by atoms with E-state index < -0.39 is 22.0 Å². The van der Waals surface area contributed by atoms with Crippen LogP contribution in [-0.2, 0) is 23.6 Å². The number of carbonyl (C=O) groups excluding carboxylic acids is 1. The predicted octanol–water partition coefficient (Wildman–Crippen LogP) is 3.89. The van der Waals surface area contributed by atoms with Crippen LogP contribution >= 0.6 is 11.6 Å². The van der Waals surface area contributed by atoms with Gasteiger partial charge in [0.25, 0.3) is 11.5 Å². The Morgan fingerprint density at radius 3 is 2.52 bits per heavy atom. The first kappa shape index (κ1) is 31.4. The molecule has 12 nitrogen and oxygen atoms in total. The molecule has 1 aromatic carbocycles. The number of benzene rings is 1. The van der Waals surface area contributed by atoms with Gasteiger partial charge < -0.3 is 10.2 Å². The van der Waals surface area contributed by atoms with Crippen LogP contribution in [-0.4, -0.2) is 58.0 Å². The van der Waals surface area contributed by atoms with Gasteiger partial charge in [0.15, 0.2) is 11.5 Å². The Kier molecular flexibility index (Phi) is 8.67. The van der Waals surface area contributed by atoms with Gasteiger partial charge in [-0.05, 0) is 57.4 Å². The van der Waals surface area contributed by atoms with Gasteiger partial charge in [-0.15, -0.1) is 0 Å². The Hall–Kier alpha value is -4.04. The number of nitrogens with one attached hydrogen (secondary N) is 2. The Morgan fingerprint density at radius 2 is 1.91 bits per heavy atom. The fourth-order valence-corrected chi connectivity index (χ4v) is 6.29. The minimum absolute atomic E-state index is 0.0174. The molecule has 0 bridgehead atoms. The lowest BCUT2D eigenvalue weighted by Crippen LogP contribution is -2.38. The number of pyridine rings is 1. The van der Waals surface area contributed by atoms with Crippen molar-refractivity contribution in [3.63, 3.8) is 0 Å². The minimum atomic E-state index is -3.85. The van der Waals surface area contributed by atoms with Crippen molar-refractivity contribution in [2.45, 2.75) is 52.1 Å². The fourth-order valence-electron chi connectivity index (χ4n) is 5.71. The molecule has 1 fully saturated rings. The average molecular weight is 645 g/mol. The van der Waals surface area contributed by atoms with Gasteiger partial charge in [-0.2, -0.15) is 5.10 Å². The number of sulfonamides is 1. The van der Waals surface area contributed by atoms with Crippen LogP contribution in [0.4, 0.5) is 16.0 Å². The number of nitrogens with zero attached hydrogens (tertiary/aromatic N) is 6. The van der Waals surface area contributed by atoms with Gasteiger partial charge in [0.2, 0.25) is 16.0 Å². The number of hydrogen-bond donors (Lipinski definition) is 2. The monoisotopic (exact) mass is 644 g/mol. The van der Waals surface area contributed by atoms with Crippen molar-refractivity contribution in [1.82, 2.24) is 29.0 Å². The molecule has 1 saturated heterocycles. The molecule has 0 radical (unpaired) electrons. The summed E-state index contributed by atoms with van der Waals surface area (Å²) in [7, 11) is -2.15. The summed E-state index contributed by atoms with van der Waals surface area (Å²) in [4.78, 5) is 37.7. The molecule has 44 heavy (non-hydrogen) atoms. The van der Waals surface area contributed by atoms with E-state index in [9.17, 15) is 22.4 Å². The van der Waals surface area contributed by atoms with Gasteiger partial charge in [-0.1, -0.05) is 17.7 Å². The van der Waals surface area contributed by atoms with E-state index in [1.54, 1.807) is 17.7 Å². The predicted molar refractivity (Wildman–Crippen MR) is 167 cm³/mol. The van der Waals surface area contributed by atoms with Crippen LogP contribution in [0.2, 0.25) is 5.15 Å². The molecule has 15 heteroatoms. The van der Waals surface area contributed by atoms with E-state index in [0.717, 1.165) is 11.8 Å². The summed E-state index contributed by atoms with van der Waals surface area (Å²) in [5, 5.41) is 8.02. The second kappa shape index (κ2) is 12.2. The maximum Gasteiger partial charge on any atom is 0.285 e. The molecule has 234 valence electrons. The topological polar surface area (TPSA) is 144 Å². The summed E-state index contributed by atoms with van der Waals surface area (Å²) in [5.41, 5.74) is 2.40. The number of hydrogen-bond acceptors (Lipinski definition) is 9. The zero-order valence-electron chi connectivity index (χ0n) is 25.1. The summed E-state index contributed by atoms with van der Waals surface area (Å²) in [6.07, 6.45) is 3.56. The van der Waals surface area contributed by atoms with Gasteiger partial charge in [0.1, 0.15) is 10.8 Å². The van der Waals surface area contributed by atoms with Crippen molar-refractivity contribution >= 4 is 50.1 Å². The van der Waals surface area contributed by atoms with Crippen LogP contribution in [0, 0.1) is 12.7 Å². The van der Waals surface area contributed by atoms with Crippen LogP contribution in [0.25, 0.3) is 10.9 Å². The highest BCUT2D eigenvalue weighted by Gasteiger charge is 2.28. The SMILES string of the molecule is CCn1c(N2CCC(c3nn(C)cc3F)CC2)nc2c([C@@H](C)Nc3ccc(Cl)nc3C(=O)NS(C)(=O)=O)cc(C)cc2c1=O. The number of rotatable bonds is 8. The fraction of sp³-hybridized carbons (Fsp3) is 0.414. The van der Waals surface area contributed by atoms with Crippen molar-refractivity contribution in [2.75, 3.05) is 29.6 Å². The summed E-state index contributed by atoms with van der Waals surface area (Å²) in [6, 6.07) is 6.27. The molecule has 3 aromatic heterocycles. The van der Waals surface area contributed by atoms with Crippen molar-refractivity contribution in [3.8, 4) is 0 Å². The maximum absolute atomic E-state index is 14.4. The molecule has 1 atom stereocenters. The van der Waals surface area contributed by atoms with Crippen molar-refractivity contribution in [2.24, 2.45) is 7.05 Å². The molecule has 4 heterocycles. The molecule has 0 aliphatic carbocycles. The number of piperidine rings is 1. The van der Waals surface area contributed by atoms with Gasteiger partial charge in [0, 0.05) is 38.2 Å². The Balaban J connectivity index is 1.51. The van der Waals surface area contributed by atoms with E-state index in [-0.39, 0.29) is 33.8 Å². The first-order valence-electron chi connectivity index (χ1n) is 14.2. The third kappa shape index (κ3) is 6.41. The number of anilines is 2. The number of aryl methyl sites for hydroxylation is 2. The lowest BCUT2D eigenvalue weighted by molar-refractivity contribution is 0.0977. The standard InChI is InChI=1S/C29H34ClFN8O4S/c1-6-39-28(41)20-14-16(2)13-19(17(3)32-22-7-8-23(30)33-26(22)27(40)36-44(5,42)43)25(20)34-29(39)38-11-9-18(10-12-38)24-21(31)15-37(4)35-24/h7-8,13-15,17-18,32H,6,9-12H2,1-5H3,(H,36,40)/t17-/m1/s1. The maximum atomic E-state index is 14.4. The van der Waals surface area contributed by atoms with Crippen molar-refractivity contribution < 1.29 is 17.6 Å². The lowest BCUT2D eigenvalue weighted by atomic mass is 9.93. The third-order valence-electron chi connectivity index (χ3n) is 7.70. The molecule has 4 aromatic rings. The van der Waals surface area contributed by atoms with E-state index in [1.165, 1.54) is 16.9 Å². The number of fused-ring (bicyclic) bond motifs is 1. The zero-order chi connectivity index (χ0) is 31.9. The van der Waals surface area contributed by atoms with E-state index in [4.69, 9.17) is 16.6 Å². The number of aromatic nitrogens is 5. The molecular formula is C29H34ClFN8O4S. The quantitative estimate of drug-likeness (QED) is 0.273. The van der Waals surface area contributed by atoms with Crippen molar-refractivity contribution in [1.29, 1.82) is 0 Å². The van der Waals surface area contributed by atoms with E-state index in [2.05, 4.69) is 20.3 Å². The normalized spacial score (nSPS) is 15.0. The van der Waals surface area contributed by atoms with E-state index in [0.29, 0.717) is 60.6 Å². The molecule has 0 spiro atoms. The molecular weight excluding hydrogens is 611 g/mol. The summed E-state index contributed by atoms with van der Waals surface area (Å²) < 4.78 is 42.9. The Bertz CT molecular complexity index is 1920. The lowest BCUT2D eigenvalue weighted by Gasteiger charge is -2.33. The van der Waals surface area contributed by atoms with Crippen LogP contribution in [0.1, 0.15) is 66.0 Å². The van der Waals surface area contributed by atoms with Crippen molar-refractivity contribution in [3.05, 3.63) is 74.3 Å². The number of halogens is 2. The van der Waals surface area contributed by atoms with Crippen LogP contribution in [0.3, 0.4) is 0 Å². The Labute approximate surface area is 259 Å². The average Bonchev–Trinajstić information content (AvgIpc) is 3.30. The smallest absolute Gasteiger partial charge is 0.285 e. The summed E-state index contributed by atoms with van der Waals surface area (Å²) in [6.45, 7) is 7.19. The first-order chi connectivity index (χ1) is 20.8. The highest BCUT2D eigenvalue weighted by molar-refractivity contribution is 7.89. The second-order valence-corrected chi connectivity index (χ2v) is 13.2. The molecule has 0 unspecified atom stereocenters. The second-order valence-electron chi connectivity index (χ2n) is 11.1. The Morgan fingerprint density at radius 1 is 1.20 bits per heavy atom. The highest BCUT2D eigenvalue weighted by Crippen LogP contribution is 2.33. The largest absolute Gasteiger partial charge is 0.377 e. The molecule has 2 N–H and O–H groups in total. The van der Waals surface area contributed by atoms with Gasteiger partial charge in [-0.3, -0.25) is 18.8 Å². The van der Waals surface area contributed by atoms with Crippen LogP contribution in [0.5, 0.6) is 0 Å². The van der Waals surface area contributed by atoms with Gasteiger partial charge >= 0.3 is 0 Å². The first-order valence-corrected chi connectivity index (χ1v) is 16.5. The van der Waals surface area contributed by atoms with Crippen LogP contribution < -0.4 is 20.5 Å². The molecule has 0 saturated carbocycles. The van der Waals surface area contributed by atoms with E-state index >= 15 is 0 Å². The highest BCUT2D eigenvalue weighted by atomic mass is 35.5. The zero-order valence-corrected chi connectivity index (χ0v) is 26.6. The summed E-state index contributed by atoms with van der Waals surface area (Å²) >= 11 is 6.03. The molecule has 1 aliphatic heterocycles. The third-order valence-corrected chi connectivity index (χ3v) is 8.46. The summed E-state index contributed by atoms with van der Waals surface area (Å²) in [5.74, 6) is -0.739. The number of amides is 1. The van der Waals surface area contributed by atoms with Gasteiger partial charge in [0.05, 0.1) is 35.1 Å². The van der Waals surface area contributed by atoms with E-state index in [1.807, 2.05) is 37.6 Å². The molecule has 1 amide bonds. The molecule has 1 aliphatic rings. The minimum Gasteiger partial charge on any atom is -0.377 e. The van der Waals surface area contributed by atoms with Crippen LogP contribution in [0.15, 0.2) is 35.3 Å². The van der Waals surface area contributed by atoms with Gasteiger partial charge in [-0.25, -0.2) is 27.5 Å². The molecule has 5 rings (SSSR count).